The summed E-state index contributed by atoms with van der Waals surface area (Å²) in [4.78, 5) is 0. The smallest absolute Gasteiger partial charge is 0.0581 e. The Morgan fingerprint density at radius 2 is 1.77 bits per heavy atom. The molecule has 2 aliphatic rings. The van der Waals surface area contributed by atoms with Gasteiger partial charge in [0.05, 0.1) is 6.10 Å². The molecular formula is C12H22O. The van der Waals surface area contributed by atoms with Gasteiger partial charge in [0.25, 0.3) is 0 Å². The van der Waals surface area contributed by atoms with E-state index in [1.807, 2.05) is 0 Å². The average molecular weight is 182 g/mol. The predicted molar refractivity (Wildman–Crippen MR) is 54.6 cm³/mol. The Kier molecular flexibility index (Phi) is 2.39. The van der Waals surface area contributed by atoms with E-state index in [0.29, 0.717) is 11.5 Å². The van der Waals surface area contributed by atoms with E-state index in [4.69, 9.17) is 4.74 Å². The lowest BCUT2D eigenvalue weighted by atomic mass is 9.67. The molecule has 0 aromatic carbocycles. The lowest BCUT2D eigenvalue weighted by Crippen LogP contribution is -2.39. The highest BCUT2D eigenvalue weighted by atomic mass is 16.5. The molecule has 0 aromatic heterocycles. The van der Waals surface area contributed by atoms with Crippen molar-refractivity contribution in [3.8, 4) is 0 Å². The number of rotatable bonds is 3. The third-order valence-electron chi connectivity index (χ3n) is 3.58. The predicted octanol–water partition coefficient (Wildman–Crippen LogP) is 3.24. The molecule has 2 saturated carbocycles. The van der Waals surface area contributed by atoms with Gasteiger partial charge in [0.1, 0.15) is 0 Å². The molecule has 0 heterocycles. The fourth-order valence-electron chi connectivity index (χ4n) is 1.97. The molecule has 1 nitrogen and oxygen atoms in total. The minimum absolute atomic E-state index is 0.499. The molecule has 0 aromatic rings. The molecule has 0 unspecified atom stereocenters. The van der Waals surface area contributed by atoms with E-state index < -0.39 is 0 Å². The normalized spacial score (nSPS) is 34.4. The fraction of sp³-hybridized carbons (Fsp3) is 1.00. The molecule has 0 aliphatic heterocycles. The molecule has 0 saturated heterocycles. The maximum Gasteiger partial charge on any atom is 0.0581 e. The summed E-state index contributed by atoms with van der Waals surface area (Å²) in [6.45, 7) is 8.07. The highest BCUT2D eigenvalue weighted by molar-refractivity contribution is 4.88. The largest absolute Gasteiger partial charge is 0.378 e. The molecule has 0 radical (unpaired) electrons. The van der Waals surface area contributed by atoms with Crippen molar-refractivity contribution in [1.29, 1.82) is 0 Å². The zero-order valence-corrected chi connectivity index (χ0v) is 9.18. The molecule has 0 bridgehead atoms. The molecule has 13 heavy (non-hydrogen) atoms. The van der Waals surface area contributed by atoms with Gasteiger partial charge in [-0.25, -0.2) is 0 Å². The number of hydrogen-bond donors (Lipinski definition) is 0. The van der Waals surface area contributed by atoms with Crippen LogP contribution in [0.2, 0.25) is 0 Å². The van der Waals surface area contributed by atoms with Crippen molar-refractivity contribution in [2.24, 2.45) is 17.3 Å². The van der Waals surface area contributed by atoms with E-state index in [1.165, 1.54) is 25.7 Å². The minimum Gasteiger partial charge on any atom is -0.378 e. The Bertz CT molecular complexity index is 170. The Morgan fingerprint density at radius 1 is 1.15 bits per heavy atom. The first-order valence-electron chi connectivity index (χ1n) is 5.67. The monoisotopic (exact) mass is 182 g/mol. The van der Waals surface area contributed by atoms with Crippen LogP contribution in [0.3, 0.4) is 0 Å². The summed E-state index contributed by atoms with van der Waals surface area (Å²) in [5.74, 6) is 1.82. The second-order valence-corrected chi connectivity index (χ2v) is 5.93. The van der Waals surface area contributed by atoms with Crippen molar-refractivity contribution in [1.82, 2.24) is 0 Å². The molecule has 2 fully saturated rings. The SMILES string of the molecule is CC(C)(C)C1CC(OCC2CC2)C1. The molecule has 1 heteroatoms. The van der Waals surface area contributed by atoms with Crippen LogP contribution >= 0.6 is 0 Å². The van der Waals surface area contributed by atoms with Gasteiger partial charge in [-0.1, -0.05) is 20.8 Å². The zero-order valence-electron chi connectivity index (χ0n) is 9.18. The van der Waals surface area contributed by atoms with Crippen LogP contribution in [0.5, 0.6) is 0 Å². The number of ether oxygens (including phenoxy) is 1. The topological polar surface area (TPSA) is 9.23 Å². The van der Waals surface area contributed by atoms with E-state index >= 15 is 0 Å². The lowest BCUT2D eigenvalue weighted by molar-refractivity contribution is -0.0652. The van der Waals surface area contributed by atoms with Gasteiger partial charge in [0.15, 0.2) is 0 Å². The summed E-state index contributed by atoms with van der Waals surface area (Å²) in [5, 5.41) is 0. The first-order valence-corrected chi connectivity index (χ1v) is 5.67. The van der Waals surface area contributed by atoms with Gasteiger partial charge in [-0.2, -0.15) is 0 Å². The summed E-state index contributed by atoms with van der Waals surface area (Å²) >= 11 is 0. The van der Waals surface area contributed by atoms with Crippen LogP contribution in [-0.4, -0.2) is 12.7 Å². The van der Waals surface area contributed by atoms with Crippen LogP contribution in [0.25, 0.3) is 0 Å². The Labute approximate surface area is 81.9 Å². The van der Waals surface area contributed by atoms with E-state index in [1.54, 1.807) is 0 Å². The van der Waals surface area contributed by atoms with Crippen molar-refractivity contribution in [3.63, 3.8) is 0 Å². The van der Waals surface area contributed by atoms with Crippen LogP contribution < -0.4 is 0 Å². The third kappa shape index (κ3) is 2.46. The van der Waals surface area contributed by atoms with Crippen LogP contribution in [0, 0.1) is 17.3 Å². The van der Waals surface area contributed by atoms with Crippen molar-refractivity contribution < 1.29 is 4.74 Å². The molecule has 2 aliphatic carbocycles. The molecule has 0 atom stereocenters. The van der Waals surface area contributed by atoms with Gasteiger partial charge in [0.2, 0.25) is 0 Å². The van der Waals surface area contributed by atoms with Gasteiger partial charge in [-0.15, -0.1) is 0 Å². The van der Waals surface area contributed by atoms with Crippen LogP contribution in [0.4, 0.5) is 0 Å². The van der Waals surface area contributed by atoms with Crippen molar-refractivity contribution >= 4 is 0 Å². The Morgan fingerprint density at radius 3 is 2.23 bits per heavy atom. The standard InChI is InChI=1S/C12H22O/c1-12(2,3)10-6-11(7-10)13-8-9-4-5-9/h9-11H,4-8H2,1-3H3. The molecule has 2 rings (SSSR count). The second-order valence-electron chi connectivity index (χ2n) is 5.93. The van der Waals surface area contributed by atoms with Crippen molar-refractivity contribution in [2.75, 3.05) is 6.61 Å². The van der Waals surface area contributed by atoms with Gasteiger partial charge < -0.3 is 4.74 Å². The summed E-state index contributed by atoms with van der Waals surface area (Å²) in [5.41, 5.74) is 0.499. The summed E-state index contributed by atoms with van der Waals surface area (Å²) in [6.07, 6.45) is 6.03. The van der Waals surface area contributed by atoms with Gasteiger partial charge in [-0.05, 0) is 42.9 Å². The Balaban J connectivity index is 1.60. The second kappa shape index (κ2) is 3.27. The fourth-order valence-corrected chi connectivity index (χ4v) is 1.97. The average Bonchev–Trinajstić information content (AvgIpc) is 2.63. The van der Waals surface area contributed by atoms with Gasteiger partial charge in [0, 0.05) is 6.61 Å². The molecular weight excluding hydrogens is 160 g/mol. The molecule has 0 N–H and O–H groups in total. The first-order chi connectivity index (χ1) is 6.05. The third-order valence-corrected chi connectivity index (χ3v) is 3.58. The van der Waals surface area contributed by atoms with Gasteiger partial charge >= 0.3 is 0 Å². The Hall–Kier alpha value is -0.0400. The minimum atomic E-state index is 0.499. The maximum atomic E-state index is 5.83. The zero-order chi connectivity index (χ0) is 9.47. The van der Waals surface area contributed by atoms with E-state index in [-0.39, 0.29) is 0 Å². The summed E-state index contributed by atoms with van der Waals surface area (Å²) in [6, 6.07) is 0. The number of hydrogen-bond acceptors (Lipinski definition) is 1. The maximum absolute atomic E-state index is 5.83. The highest BCUT2D eigenvalue weighted by Crippen LogP contribution is 2.43. The molecule has 0 amide bonds. The molecule has 76 valence electrons. The van der Waals surface area contributed by atoms with Crippen molar-refractivity contribution in [3.05, 3.63) is 0 Å². The summed E-state index contributed by atoms with van der Waals surface area (Å²) < 4.78 is 5.83. The van der Waals surface area contributed by atoms with Gasteiger partial charge in [-0.3, -0.25) is 0 Å². The van der Waals surface area contributed by atoms with Crippen molar-refractivity contribution in [2.45, 2.75) is 52.6 Å². The van der Waals surface area contributed by atoms with Crippen LogP contribution in [0.15, 0.2) is 0 Å². The van der Waals surface area contributed by atoms with Crippen LogP contribution in [0.1, 0.15) is 46.5 Å². The molecule has 0 spiro atoms. The lowest BCUT2D eigenvalue weighted by Gasteiger charge is -2.43. The van der Waals surface area contributed by atoms with Crippen LogP contribution in [-0.2, 0) is 4.74 Å². The summed E-state index contributed by atoms with van der Waals surface area (Å²) in [7, 11) is 0. The quantitative estimate of drug-likeness (QED) is 0.651. The van der Waals surface area contributed by atoms with E-state index in [0.717, 1.165) is 18.4 Å². The first kappa shape index (κ1) is 9.51. The van der Waals surface area contributed by atoms with E-state index in [2.05, 4.69) is 20.8 Å². The highest BCUT2D eigenvalue weighted by Gasteiger charge is 2.38. The van der Waals surface area contributed by atoms with E-state index in [9.17, 15) is 0 Å².